The summed E-state index contributed by atoms with van der Waals surface area (Å²) in [7, 11) is 0. The number of carbonyl (C=O) groups excluding carboxylic acids is 2. The second-order valence-electron chi connectivity index (χ2n) is 4.97. The van der Waals surface area contributed by atoms with Gasteiger partial charge in [-0.3, -0.25) is 9.59 Å². The average molecular weight is 239 g/mol. The van der Waals surface area contributed by atoms with Crippen molar-refractivity contribution in [2.45, 2.75) is 44.7 Å². The molecule has 2 atom stereocenters. The van der Waals surface area contributed by atoms with E-state index in [9.17, 15) is 9.59 Å². The maximum atomic E-state index is 12.0. The maximum absolute atomic E-state index is 12.0. The van der Waals surface area contributed by atoms with Crippen LogP contribution in [0.4, 0.5) is 0 Å². The standard InChI is InChI=1S/C12H21N3O2/c1-9(12(17)15-6-2-3-7-15)13-8-10-4-5-11(16)14-10/h9-10,13H,2-8H2,1H3,(H,14,16). The monoisotopic (exact) mass is 239 g/mol. The van der Waals surface area contributed by atoms with Crippen molar-refractivity contribution in [3.05, 3.63) is 0 Å². The Bertz CT molecular complexity index is 300. The van der Waals surface area contributed by atoms with Crippen LogP contribution >= 0.6 is 0 Å². The normalized spacial score (nSPS) is 26.1. The summed E-state index contributed by atoms with van der Waals surface area (Å²) in [6, 6.07) is 0.0435. The summed E-state index contributed by atoms with van der Waals surface area (Å²) in [5, 5.41) is 6.11. The van der Waals surface area contributed by atoms with Crippen LogP contribution in [0.25, 0.3) is 0 Å². The molecular formula is C12H21N3O2. The van der Waals surface area contributed by atoms with Gasteiger partial charge in [-0.15, -0.1) is 0 Å². The van der Waals surface area contributed by atoms with E-state index in [1.165, 1.54) is 0 Å². The van der Waals surface area contributed by atoms with Gasteiger partial charge in [-0.2, -0.15) is 0 Å². The number of rotatable bonds is 4. The fourth-order valence-corrected chi connectivity index (χ4v) is 2.45. The van der Waals surface area contributed by atoms with Gasteiger partial charge in [-0.05, 0) is 26.2 Å². The lowest BCUT2D eigenvalue weighted by Gasteiger charge is -2.22. The second-order valence-corrected chi connectivity index (χ2v) is 4.97. The van der Waals surface area contributed by atoms with Gasteiger partial charge >= 0.3 is 0 Å². The number of carbonyl (C=O) groups is 2. The molecule has 2 aliphatic heterocycles. The molecule has 2 heterocycles. The Hall–Kier alpha value is -1.10. The van der Waals surface area contributed by atoms with Gasteiger partial charge in [0, 0.05) is 32.1 Å². The molecule has 2 aliphatic rings. The van der Waals surface area contributed by atoms with Crippen LogP contribution in [-0.4, -0.2) is 48.4 Å². The van der Waals surface area contributed by atoms with Gasteiger partial charge in [-0.25, -0.2) is 0 Å². The van der Waals surface area contributed by atoms with Gasteiger partial charge in [0.2, 0.25) is 11.8 Å². The molecule has 2 unspecified atom stereocenters. The van der Waals surface area contributed by atoms with Gasteiger partial charge in [-0.1, -0.05) is 0 Å². The predicted octanol–water partition coefficient (Wildman–Crippen LogP) is -0.134. The van der Waals surface area contributed by atoms with E-state index in [1.54, 1.807) is 0 Å². The number of hydrogen-bond donors (Lipinski definition) is 2. The maximum Gasteiger partial charge on any atom is 0.239 e. The van der Waals surface area contributed by atoms with Crippen LogP contribution in [0, 0.1) is 0 Å². The van der Waals surface area contributed by atoms with E-state index < -0.39 is 0 Å². The number of nitrogens with zero attached hydrogens (tertiary/aromatic N) is 1. The van der Waals surface area contributed by atoms with Crippen molar-refractivity contribution in [3.63, 3.8) is 0 Å². The third-order valence-electron chi connectivity index (χ3n) is 3.54. The van der Waals surface area contributed by atoms with Crippen molar-refractivity contribution in [3.8, 4) is 0 Å². The molecule has 96 valence electrons. The van der Waals surface area contributed by atoms with Gasteiger partial charge < -0.3 is 15.5 Å². The smallest absolute Gasteiger partial charge is 0.239 e. The molecule has 0 spiro atoms. The van der Waals surface area contributed by atoms with Crippen molar-refractivity contribution in [1.29, 1.82) is 0 Å². The fraction of sp³-hybridized carbons (Fsp3) is 0.833. The van der Waals surface area contributed by atoms with E-state index in [0.29, 0.717) is 13.0 Å². The van der Waals surface area contributed by atoms with Crippen molar-refractivity contribution in [2.75, 3.05) is 19.6 Å². The Kier molecular flexibility index (Phi) is 3.99. The van der Waals surface area contributed by atoms with Gasteiger partial charge in [0.15, 0.2) is 0 Å². The molecule has 2 N–H and O–H groups in total. The highest BCUT2D eigenvalue weighted by atomic mass is 16.2. The molecule has 0 bridgehead atoms. The number of amides is 2. The van der Waals surface area contributed by atoms with Crippen LogP contribution < -0.4 is 10.6 Å². The van der Waals surface area contributed by atoms with Crippen LogP contribution in [0.15, 0.2) is 0 Å². The summed E-state index contributed by atoms with van der Waals surface area (Å²) in [6.07, 6.45) is 3.73. The molecule has 2 amide bonds. The van der Waals surface area contributed by atoms with Crippen LogP contribution in [-0.2, 0) is 9.59 Å². The summed E-state index contributed by atoms with van der Waals surface area (Å²) in [5.41, 5.74) is 0. The van der Waals surface area contributed by atoms with Crippen molar-refractivity contribution in [2.24, 2.45) is 0 Å². The molecule has 2 rings (SSSR count). The van der Waals surface area contributed by atoms with Crippen molar-refractivity contribution in [1.82, 2.24) is 15.5 Å². The molecule has 0 aromatic carbocycles. The molecule has 0 saturated carbocycles. The summed E-state index contributed by atoms with van der Waals surface area (Å²) in [5.74, 6) is 0.308. The zero-order chi connectivity index (χ0) is 12.3. The van der Waals surface area contributed by atoms with Crippen molar-refractivity contribution >= 4 is 11.8 Å². The quantitative estimate of drug-likeness (QED) is 0.718. The van der Waals surface area contributed by atoms with Gasteiger partial charge in [0.05, 0.1) is 6.04 Å². The number of nitrogens with one attached hydrogen (secondary N) is 2. The molecule has 2 fully saturated rings. The summed E-state index contributed by atoms with van der Waals surface area (Å²) >= 11 is 0. The van der Waals surface area contributed by atoms with E-state index in [-0.39, 0.29) is 23.9 Å². The zero-order valence-electron chi connectivity index (χ0n) is 10.4. The minimum Gasteiger partial charge on any atom is -0.352 e. The van der Waals surface area contributed by atoms with E-state index in [1.807, 2.05) is 11.8 Å². The highest BCUT2D eigenvalue weighted by Crippen LogP contribution is 2.09. The van der Waals surface area contributed by atoms with Gasteiger partial charge in [0.1, 0.15) is 0 Å². The summed E-state index contributed by atoms with van der Waals surface area (Å²) in [4.78, 5) is 24.9. The molecule has 5 nitrogen and oxygen atoms in total. The van der Waals surface area contributed by atoms with Crippen molar-refractivity contribution < 1.29 is 9.59 Å². The molecule has 0 aromatic rings. The summed E-state index contributed by atoms with van der Waals surface area (Å²) in [6.45, 7) is 4.37. The lowest BCUT2D eigenvalue weighted by Crippen LogP contribution is -2.47. The zero-order valence-corrected chi connectivity index (χ0v) is 10.4. The topological polar surface area (TPSA) is 61.4 Å². The first kappa shape index (κ1) is 12.4. The Balaban J connectivity index is 1.71. The van der Waals surface area contributed by atoms with E-state index in [4.69, 9.17) is 0 Å². The first-order chi connectivity index (χ1) is 8.16. The Morgan fingerprint density at radius 1 is 1.53 bits per heavy atom. The van der Waals surface area contributed by atoms with Crippen LogP contribution in [0.5, 0.6) is 0 Å². The lowest BCUT2D eigenvalue weighted by molar-refractivity contribution is -0.131. The highest BCUT2D eigenvalue weighted by Gasteiger charge is 2.25. The van der Waals surface area contributed by atoms with E-state index in [0.717, 1.165) is 32.4 Å². The van der Waals surface area contributed by atoms with E-state index >= 15 is 0 Å². The summed E-state index contributed by atoms with van der Waals surface area (Å²) < 4.78 is 0. The molecule has 2 saturated heterocycles. The second kappa shape index (κ2) is 5.49. The third kappa shape index (κ3) is 3.19. The van der Waals surface area contributed by atoms with E-state index in [2.05, 4.69) is 10.6 Å². The number of hydrogen-bond acceptors (Lipinski definition) is 3. The molecule has 17 heavy (non-hydrogen) atoms. The Morgan fingerprint density at radius 2 is 2.24 bits per heavy atom. The number of likely N-dealkylation sites (tertiary alicyclic amines) is 1. The molecular weight excluding hydrogens is 218 g/mol. The Morgan fingerprint density at radius 3 is 2.82 bits per heavy atom. The average Bonchev–Trinajstić information content (AvgIpc) is 2.95. The minimum absolute atomic E-state index is 0.121. The molecule has 0 aliphatic carbocycles. The fourth-order valence-electron chi connectivity index (χ4n) is 2.45. The van der Waals surface area contributed by atoms with Crippen LogP contribution in [0.2, 0.25) is 0 Å². The predicted molar refractivity (Wildman–Crippen MR) is 64.4 cm³/mol. The first-order valence-electron chi connectivity index (χ1n) is 6.48. The van der Waals surface area contributed by atoms with Gasteiger partial charge in [0.25, 0.3) is 0 Å². The lowest BCUT2D eigenvalue weighted by atomic mass is 10.2. The molecule has 5 heteroatoms. The van der Waals surface area contributed by atoms with Crippen LogP contribution in [0.3, 0.4) is 0 Å². The Labute approximate surface area is 102 Å². The molecule has 0 aromatic heterocycles. The van der Waals surface area contributed by atoms with Crippen LogP contribution in [0.1, 0.15) is 32.6 Å². The molecule has 0 radical (unpaired) electrons. The minimum atomic E-state index is -0.148. The largest absolute Gasteiger partial charge is 0.352 e. The highest BCUT2D eigenvalue weighted by molar-refractivity contribution is 5.81. The third-order valence-corrected chi connectivity index (χ3v) is 3.54. The SMILES string of the molecule is CC(NCC1CCC(=O)N1)C(=O)N1CCCC1. The first-order valence-corrected chi connectivity index (χ1v) is 6.48.